The molecule has 0 unspecified atom stereocenters. The number of nitrogen functional groups attached to an aromatic ring is 1. The third-order valence-corrected chi connectivity index (χ3v) is 4.43. The highest BCUT2D eigenvalue weighted by Crippen LogP contribution is 2.31. The molecule has 0 atom stereocenters. The fraction of sp³-hybridized carbons (Fsp3) is 0.500. The van der Waals surface area contributed by atoms with E-state index in [0.717, 1.165) is 35.3 Å². The van der Waals surface area contributed by atoms with Crippen molar-refractivity contribution in [3.05, 3.63) is 31.0 Å². The normalized spacial score (nSPS) is 22.9. The topological polar surface area (TPSA) is 56.7 Å². The lowest BCUT2D eigenvalue weighted by molar-refractivity contribution is 0.265. The number of pyridine rings is 1. The van der Waals surface area contributed by atoms with E-state index in [1.165, 1.54) is 25.7 Å². The Balaban J connectivity index is 1.79. The average Bonchev–Trinajstić information content (AvgIpc) is 2.90. The molecule has 2 N–H and O–H groups in total. The van der Waals surface area contributed by atoms with Crippen LogP contribution >= 0.6 is 0 Å². The number of imidazole rings is 1. The van der Waals surface area contributed by atoms with Gasteiger partial charge in [-0.2, -0.15) is 0 Å². The molecule has 1 fully saturated rings. The standard InChI is InChI=1S/C16H22N4/c1-12-2-4-13(5-3-12)10-20-11-19-9-16(20)14-8-18-7-6-15(14)17/h6-9,11-13H,2-5,10H2,1H3,(H2,17,18). The van der Waals surface area contributed by atoms with Gasteiger partial charge in [-0.3, -0.25) is 4.98 Å². The largest absolute Gasteiger partial charge is 0.398 e. The minimum atomic E-state index is 0.761. The SMILES string of the molecule is CC1CCC(Cn2cncc2-c2cnccc2N)CC1. The van der Waals surface area contributed by atoms with E-state index in [-0.39, 0.29) is 0 Å². The second kappa shape index (κ2) is 5.65. The molecule has 20 heavy (non-hydrogen) atoms. The average molecular weight is 270 g/mol. The minimum Gasteiger partial charge on any atom is -0.398 e. The van der Waals surface area contributed by atoms with E-state index >= 15 is 0 Å². The summed E-state index contributed by atoms with van der Waals surface area (Å²) in [6.07, 6.45) is 12.7. The first-order valence-electron chi connectivity index (χ1n) is 7.44. The molecule has 0 spiro atoms. The smallest absolute Gasteiger partial charge is 0.0951 e. The molecule has 0 amide bonds. The van der Waals surface area contributed by atoms with E-state index in [1.54, 1.807) is 6.20 Å². The van der Waals surface area contributed by atoms with Gasteiger partial charge in [0.25, 0.3) is 0 Å². The van der Waals surface area contributed by atoms with Crippen LogP contribution in [-0.2, 0) is 6.54 Å². The maximum absolute atomic E-state index is 6.05. The Morgan fingerprint density at radius 3 is 2.75 bits per heavy atom. The second-order valence-corrected chi connectivity index (χ2v) is 6.02. The molecule has 0 aliphatic heterocycles. The van der Waals surface area contributed by atoms with Gasteiger partial charge in [0.1, 0.15) is 0 Å². The van der Waals surface area contributed by atoms with Crippen LogP contribution in [0.3, 0.4) is 0 Å². The summed E-state index contributed by atoms with van der Waals surface area (Å²) in [4.78, 5) is 8.48. The highest BCUT2D eigenvalue weighted by Gasteiger charge is 2.19. The molecule has 1 saturated carbocycles. The minimum absolute atomic E-state index is 0.761. The van der Waals surface area contributed by atoms with E-state index in [2.05, 4.69) is 21.5 Å². The molecule has 0 radical (unpaired) electrons. The highest BCUT2D eigenvalue weighted by molar-refractivity contribution is 5.72. The van der Waals surface area contributed by atoms with Crippen LogP contribution in [0.1, 0.15) is 32.6 Å². The lowest BCUT2D eigenvalue weighted by Crippen LogP contribution is -2.17. The Hall–Kier alpha value is -1.84. The van der Waals surface area contributed by atoms with Crippen molar-refractivity contribution < 1.29 is 0 Å². The van der Waals surface area contributed by atoms with Gasteiger partial charge in [-0.1, -0.05) is 19.8 Å². The number of nitrogens with zero attached hydrogens (tertiary/aromatic N) is 3. The van der Waals surface area contributed by atoms with Crippen molar-refractivity contribution in [2.75, 3.05) is 5.73 Å². The van der Waals surface area contributed by atoms with Gasteiger partial charge >= 0.3 is 0 Å². The summed E-state index contributed by atoms with van der Waals surface area (Å²) >= 11 is 0. The number of aromatic nitrogens is 3. The van der Waals surface area contributed by atoms with Crippen molar-refractivity contribution in [1.29, 1.82) is 0 Å². The summed E-state index contributed by atoms with van der Waals surface area (Å²) in [6, 6.07) is 1.84. The zero-order valence-corrected chi connectivity index (χ0v) is 12.0. The summed E-state index contributed by atoms with van der Waals surface area (Å²) in [5, 5.41) is 0. The van der Waals surface area contributed by atoms with E-state index < -0.39 is 0 Å². The predicted octanol–water partition coefficient (Wildman–Crippen LogP) is 3.35. The lowest BCUT2D eigenvalue weighted by Gasteiger charge is -2.27. The number of anilines is 1. The molecule has 4 heteroatoms. The molecule has 1 aliphatic carbocycles. The summed E-state index contributed by atoms with van der Waals surface area (Å²) in [5.41, 5.74) is 8.87. The van der Waals surface area contributed by atoms with Crippen molar-refractivity contribution in [3.63, 3.8) is 0 Å². The molecule has 1 aliphatic rings. The molecule has 4 nitrogen and oxygen atoms in total. The van der Waals surface area contributed by atoms with E-state index in [9.17, 15) is 0 Å². The zero-order valence-electron chi connectivity index (χ0n) is 12.0. The van der Waals surface area contributed by atoms with Gasteiger partial charge in [0, 0.05) is 30.2 Å². The molecule has 3 rings (SSSR count). The number of nitrogens with two attached hydrogens (primary N) is 1. The molecule has 2 aromatic heterocycles. The van der Waals surface area contributed by atoms with Gasteiger partial charge in [0.05, 0.1) is 18.2 Å². The summed E-state index contributed by atoms with van der Waals surface area (Å²) in [6.45, 7) is 3.39. The summed E-state index contributed by atoms with van der Waals surface area (Å²) in [5.74, 6) is 1.65. The Labute approximate surface area is 120 Å². The quantitative estimate of drug-likeness (QED) is 0.930. The maximum Gasteiger partial charge on any atom is 0.0951 e. The van der Waals surface area contributed by atoms with E-state index in [1.807, 2.05) is 24.8 Å². The fourth-order valence-electron chi connectivity index (χ4n) is 3.10. The molecule has 0 saturated heterocycles. The highest BCUT2D eigenvalue weighted by atomic mass is 15.0. The lowest BCUT2D eigenvalue weighted by atomic mass is 9.83. The molecule has 106 valence electrons. The van der Waals surface area contributed by atoms with Gasteiger partial charge < -0.3 is 10.3 Å². The van der Waals surface area contributed by atoms with Crippen LogP contribution in [0.15, 0.2) is 31.0 Å². The van der Waals surface area contributed by atoms with Crippen molar-refractivity contribution in [2.24, 2.45) is 11.8 Å². The predicted molar refractivity (Wildman–Crippen MR) is 81.0 cm³/mol. The Morgan fingerprint density at radius 1 is 1.20 bits per heavy atom. The van der Waals surface area contributed by atoms with Gasteiger partial charge in [0.2, 0.25) is 0 Å². The Bertz CT molecular complexity index is 567. The van der Waals surface area contributed by atoms with Crippen molar-refractivity contribution >= 4 is 5.69 Å². The summed E-state index contributed by atoms with van der Waals surface area (Å²) < 4.78 is 2.23. The molecular weight excluding hydrogens is 248 g/mol. The zero-order chi connectivity index (χ0) is 13.9. The van der Waals surface area contributed by atoms with Crippen LogP contribution in [0.4, 0.5) is 5.69 Å². The number of hydrogen-bond acceptors (Lipinski definition) is 3. The van der Waals surface area contributed by atoms with Crippen molar-refractivity contribution in [1.82, 2.24) is 14.5 Å². The Kier molecular flexibility index (Phi) is 3.72. The van der Waals surface area contributed by atoms with Crippen LogP contribution in [0.25, 0.3) is 11.3 Å². The maximum atomic E-state index is 6.05. The molecule has 0 bridgehead atoms. The van der Waals surface area contributed by atoms with E-state index in [0.29, 0.717) is 0 Å². The van der Waals surface area contributed by atoms with Gasteiger partial charge in [-0.15, -0.1) is 0 Å². The Morgan fingerprint density at radius 2 is 2.00 bits per heavy atom. The van der Waals surface area contributed by atoms with Crippen LogP contribution < -0.4 is 5.73 Å². The van der Waals surface area contributed by atoms with Crippen LogP contribution in [0.2, 0.25) is 0 Å². The van der Waals surface area contributed by atoms with Crippen molar-refractivity contribution in [2.45, 2.75) is 39.2 Å². The van der Waals surface area contributed by atoms with Gasteiger partial charge in [-0.25, -0.2) is 4.98 Å². The third kappa shape index (κ3) is 2.69. The first-order valence-corrected chi connectivity index (χ1v) is 7.44. The molecular formula is C16H22N4. The van der Waals surface area contributed by atoms with Gasteiger partial charge in [-0.05, 0) is 30.7 Å². The van der Waals surface area contributed by atoms with Crippen LogP contribution in [0, 0.1) is 11.8 Å². The molecule has 0 aromatic carbocycles. The fourth-order valence-corrected chi connectivity index (χ4v) is 3.10. The van der Waals surface area contributed by atoms with Gasteiger partial charge in [0.15, 0.2) is 0 Å². The third-order valence-electron chi connectivity index (χ3n) is 4.43. The number of hydrogen-bond donors (Lipinski definition) is 1. The van der Waals surface area contributed by atoms with Crippen LogP contribution in [-0.4, -0.2) is 14.5 Å². The number of rotatable bonds is 3. The monoisotopic (exact) mass is 270 g/mol. The van der Waals surface area contributed by atoms with E-state index in [4.69, 9.17) is 5.73 Å². The molecule has 2 heterocycles. The first-order chi connectivity index (χ1) is 9.74. The van der Waals surface area contributed by atoms with Crippen molar-refractivity contribution in [3.8, 4) is 11.3 Å². The first kappa shape index (κ1) is 13.2. The van der Waals surface area contributed by atoms with Crippen LogP contribution in [0.5, 0.6) is 0 Å². The second-order valence-electron chi connectivity index (χ2n) is 6.02. The molecule has 2 aromatic rings. The summed E-state index contributed by atoms with van der Waals surface area (Å²) in [7, 11) is 0.